The lowest BCUT2D eigenvalue weighted by atomic mass is 9.88. The van der Waals surface area contributed by atoms with Crippen LogP contribution in [0.4, 0.5) is 0 Å². The first-order valence-electron chi connectivity index (χ1n) is 13.7. The van der Waals surface area contributed by atoms with Crippen LogP contribution in [-0.2, 0) is 16.4 Å². The molecule has 4 aromatic carbocycles. The van der Waals surface area contributed by atoms with Crippen molar-refractivity contribution in [3.8, 4) is 16.8 Å². The second-order valence-corrected chi connectivity index (χ2v) is 13.5. The Hall–Kier alpha value is -4.07. The van der Waals surface area contributed by atoms with E-state index in [-0.39, 0.29) is 15.9 Å². The summed E-state index contributed by atoms with van der Waals surface area (Å²) < 4.78 is 31.1. The van der Waals surface area contributed by atoms with Crippen molar-refractivity contribution >= 4 is 20.9 Å². The third kappa shape index (κ3) is 6.32. The summed E-state index contributed by atoms with van der Waals surface area (Å²) in [6.07, 6.45) is 0.840. The maximum Gasteiger partial charge on any atom is 0.266 e. The van der Waals surface area contributed by atoms with Gasteiger partial charge in [0.15, 0.2) is 0 Å². The molecule has 0 aliphatic carbocycles. The van der Waals surface area contributed by atoms with Crippen LogP contribution in [0.25, 0.3) is 27.7 Å². The van der Waals surface area contributed by atoms with Crippen LogP contribution in [0.1, 0.15) is 50.7 Å². The van der Waals surface area contributed by atoms with Crippen molar-refractivity contribution in [1.82, 2.24) is 14.3 Å². The van der Waals surface area contributed by atoms with Crippen LogP contribution < -0.4 is 10.3 Å². The van der Waals surface area contributed by atoms with Gasteiger partial charge in [-0.1, -0.05) is 87.0 Å². The largest absolute Gasteiger partial charge is 0.268 e. The van der Waals surface area contributed by atoms with E-state index in [1.165, 1.54) is 10.1 Å². The summed E-state index contributed by atoms with van der Waals surface area (Å²) in [6.45, 7) is 10.2. The van der Waals surface area contributed by atoms with E-state index in [9.17, 15) is 13.2 Å². The number of nitrogens with zero attached hydrogens (tertiary/aromatic N) is 2. The summed E-state index contributed by atoms with van der Waals surface area (Å²) >= 11 is 0. The SMILES string of the molecule is Cc1ccc(-c2ccc(-n3c(C(C)NS(=O)(=O)c4ccc(CC(C)(C)C)cc4)nc4ccccc4c3=O)cc2)cc1. The number of aryl methyl sites for hydroxylation is 1. The summed E-state index contributed by atoms with van der Waals surface area (Å²) in [6, 6.07) is 29.2. The number of hydrogen-bond donors (Lipinski definition) is 1. The third-order valence-corrected chi connectivity index (χ3v) is 8.56. The molecule has 41 heavy (non-hydrogen) atoms. The predicted octanol–water partition coefficient (Wildman–Crippen LogP) is 6.99. The van der Waals surface area contributed by atoms with E-state index in [1.807, 2.05) is 49.4 Å². The number of aromatic nitrogens is 2. The van der Waals surface area contributed by atoms with Gasteiger partial charge in [0.25, 0.3) is 5.56 Å². The van der Waals surface area contributed by atoms with Crippen LogP contribution in [0.15, 0.2) is 107 Å². The van der Waals surface area contributed by atoms with Crippen LogP contribution in [0.5, 0.6) is 0 Å². The molecule has 1 atom stereocenters. The van der Waals surface area contributed by atoms with E-state index in [4.69, 9.17) is 4.98 Å². The van der Waals surface area contributed by atoms with Crippen molar-refractivity contribution in [2.24, 2.45) is 5.41 Å². The molecule has 1 N–H and O–H groups in total. The third-order valence-electron chi connectivity index (χ3n) is 7.00. The number of sulfonamides is 1. The fourth-order valence-corrected chi connectivity index (χ4v) is 6.19. The first-order valence-corrected chi connectivity index (χ1v) is 15.2. The molecule has 0 fully saturated rings. The maximum atomic E-state index is 13.8. The molecule has 0 spiro atoms. The Morgan fingerprint density at radius 3 is 2.02 bits per heavy atom. The minimum absolute atomic E-state index is 0.0942. The normalized spacial score (nSPS) is 12.9. The molecule has 6 nitrogen and oxygen atoms in total. The molecule has 5 rings (SSSR count). The van der Waals surface area contributed by atoms with E-state index >= 15 is 0 Å². The molecule has 1 aromatic heterocycles. The van der Waals surface area contributed by atoms with Gasteiger partial charge in [0.05, 0.1) is 27.5 Å². The van der Waals surface area contributed by atoms with Gasteiger partial charge in [0, 0.05) is 0 Å². The molecule has 0 aliphatic heterocycles. The van der Waals surface area contributed by atoms with Crippen LogP contribution in [0, 0.1) is 12.3 Å². The second kappa shape index (κ2) is 11.1. The molecule has 210 valence electrons. The van der Waals surface area contributed by atoms with Crippen molar-refractivity contribution in [3.05, 3.63) is 124 Å². The summed E-state index contributed by atoms with van der Waals surface area (Å²) in [4.78, 5) is 18.7. The van der Waals surface area contributed by atoms with Crippen molar-refractivity contribution in [2.45, 2.75) is 52.0 Å². The van der Waals surface area contributed by atoms with Gasteiger partial charge in [0.2, 0.25) is 10.0 Å². The fourth-order valence-electron chi connectivity index (χ4n) is 4.99. The van der Waals surface area contributed by atoms with Gasteiger partial charge < -0.3 is 0 Å². The number of benzene rings is 4. The highest BCUT2D eigenvalue weighted by molar-refractivity contribution is 7.89. The van der Waals surface area contributed by atoms with Crippen molar-refractivity contribution in [2.75, 3.05) is 0 Å². The van der Waals surface area contributed by atoms with Gasteiger partial charge in [-0.15, -0.1) is 0 Å². The first-order chi connectivity index (χ1) is 19.4. The lowest BCUT2D eigenvalue weighted by molar-refractivity contribution is 0.411. The Morgan fingerprint density at radius 2 is 1.41 bits per heavy atom. The van der Waals surface area contributed by atoms with Crippen LogP contribution in [0.2, 0.25) is 0 Å². The number of fused-ring (bicyclic) bond motifs is 1. The van der Waals surface area contributed by atoms with Gasteiger partial charge in [-0.05, 0) is 78.8 Å². The minimum atomic E-state index is -3.88. The molecule has 0 amide bonds. The van der Waals surface area contributed by atoms with Crippen LogP contribution >= 0.6 is 0 Å². The minimum Gasteiger partial charge on any atom is -0.268 e. The van der Waals surface area contributed by atoms with E-state index in [1.54, 1.807) is 37.3 Å². The van der Waals surface area contributed by atoms with E-state index in [0.29, 0.717) is 22.4 Å². The zero-order chi connectivity index (χ0) is 29.4. The summed E-state index contributed by atoms with van der Waals surface area (Å²) in [5.74, 6) is 0.310. The smallest absolute Gasteiger partial charge is 0.266 e. The molecule has 0 bridgehead atoms. The zero-order valence-electron chi connectivity index (χ0n) is 24.0. The zero-order valence-corrected chi connectivity index (χ0v) is 24.9. The molecule has 5 aromatic rings. The second-order valence-electron chi connectivity index (χ2n) is 11.8. The van der Waals surface area contributed by atoms with Crippen molar-refractivity contribution in [3.63, 3.8) is 0 Å². The van der Waals surface area contributed by atoms with Gasteiger partial charge in [-0.25, -0.2) is 18.1 Å². The first kappa shape index (κ1) is 28.5. The van der Waals surface area contributed by atoms with Crippen LogP contribution in [-0.4, -0.2) is 18.0 Å². The molecule has 1 heterocycles. The Bertz CT molecular complexity index is 1850. The lowest BCUT2D eigenvalue weighted by Gasteiger charge is -2.20. The average molecular weight is 566 g/mol. The number of nitrogens with one attached hydrogen (secondary N) is 1. The fraction of sp³-hybridized carbons (Fsp3) is 0.235. The van der Waals surface area contributed by atoms with E-state index < -0.39 is 16.1 Å². The van der Waals surface area contributed by atoms with E-state index in [2.05, 4.69) is 49.8 Å². The highest BCUT2D eigenvalue weighted by atomic mass is 32.2. The Balaban J connectivity index is 1.52. The number of para-hydroxylation sites is 1. The lowest BCUT2D eigenvalue weighted by Crippen LogP contribution is -2.33. The van der Waals surface area contributed by atoms with Crippen molar-refractivity contribution < 1.29 is 8.42 Å². The van der Waals surface area contributed by atoms with Crippen molar-refractivity contribution in [1.29, 1.82) is 0 Å². The highest BCUT2D eigenvalue weighted by Crippen LogP contribution is 2.25. The molecular weight excluding hydrogens is 530 g/mol. The van der Waals surface area contributed by atoms with Gasteiger partial charge in [-0.3, -0.25) is 9.36 Å². The number of hydrogen-bond acceptors (Lipinski definition) is 4. The van der Waals surface area contributed by atoms with Crippen LogP contribution in [0.3, 0.4) is 0 Å². The average Bonchev–Trinajstić information content (AvgIpc) is 2.93. The predicted molar refractivity (Wildman–Crippen MR) is 166 cm³/mol. The Morgan fingerprint density at radius 1 is 0.829 bits per heavy atom. The van der Waals surface area contributed by atoms with Gasteiger partial charge >= 0.3 is 0 Å². The molecule has 7 heteroatoms. The number of rotatable bonds is 7. The quantitative estimate of drug-likeness (QED) is 0.231. The summed E-state index contributed by atoms with van der Waals surface area (Å²) in [5, 5.41) is 0.461. The monoisotopic (exact) mass is 565 g/mol. The summed E-state index contributed by atoms with van der Waals surface area (Å²) in [7, 11) is -3.88. The topological polar surface area (TPSA) is 81.1 Å². The van der Waals surface area contributed by atoms with E-state index in [0.717, 1.165) is 23.1 Å². The molecule has 0 radical (unpaired) electrons. The molecule has 0 aliphatic rings. The molecule has 0 saturated heterocycles. The molecule has 1 unspecified atom stereocenters. The highest BCUT2D eigenvalue weighted by Gasteiger charge is 2.24. The summed E-state index contributed by atoms with van der Waals surface area (Å²) in [5.41, 5.74) is 5.30. The standard InChI is InChI=1S/C34H35N3O3S/c1-23-10-14-26(15-11-23)27-16-18-28(19-17-27)37-32(35-31-9-7-6-8-30(31)33(37)38)24(2)36-41(39,40)29-20-12-25(13-21-29)22-34(3,4)5/h6-21,24,36H,22H2,1-5H3. The Kier molecular flexibility index (Phi) is 7.68. The molecular formula is C34H35N3O3S. The maximum absolute atomic E-state index is 13.8. The molecule has 0 saturated carbocycles. The Labute approximate surface area is 241 Å². The van der Waals surface area contributed by atoms with Gasteiger partial charge in [0.1, 0.15) is 5.82 Å². The van der Waals surface area contributed by atoms with Gasteiger partial charge in [-0.2, -0.15) is 0 Å².